The Hall–Kier alpha value is -2.02. The van der Waals surface area contributed by atoms with E-state index in [1.54, 1.807) is 13.1 Å². The van der Waals surface area contributed by atoms with Crippen LogP contribution in [0.4, 0.5) is 5.69 Å². The SMILES string of the molecule is CNC(=O)c1ccc(NC2(C#N)CCC2)cc1C. The van der Waals surface area contributed by atoms with Gasteiger partial charge in [0, 0.05) is 18.3 Å². The molecule has 0 spiro atoms. The second-order valence-corrected chi connectivity index (χ2v) is 4.78. The van der Waals surface area contributed by atoms with Crippen molar-refractivity contribution in [3.8, 4) is 6.07 Å². The third-order valence-electron chi connectivity index (χ3n) is 3.50. The molecule has 4 nitrogen and oxygen atoms in total. The Morgan fingerprint density at radius 3 is 2.61 bits per heavy atom. The van der Waals surface area contributed by atoms with Gasteiger partial charge in [0.1, 0.15) is 5.54 Å². The average Bonchev–Trinajstić information content (AvgIpc) is 2.33. The molecule has 2 N–H and O–H groups in total. The number of nitrogens with one attached hydrogen (secondary N) is 2. The minimum atomic E-state index is -0.402. The summed E-state index contributed by atoms with van der Waals surface area (Å²) in [6, 6.07) is 7.91. The fourth-order valence-corrected chi connectivity index (χ4v) is 2.20. The number of anilines is 1. The van der Waals surface area contributed by atoms with Gasteiger partial charge in [0.15, 0.2) is 0 Å². The van der Waals surface area contributed by atoms with Gasteiger partial charge in [0.05, 0.1) is 6.07 Å². The molecule has 0 saturated heterocycles. The van der Waals surface area contributed by atoms with E-state index in [4.69, 9.17) is 0 Å². The molecule has 0 atom stereocenters. The number of amides is 1. The third kappa shape index (κ3) is 2.17. The van der Waals surface area contributed by atoms with E-state index in [2.05, 4.69) is 16.7 Å². The van der Waals surface area contributed by atoms with Crippen molar-refractivity contribution >= 4 is 11.6 Å². The molecule has 2 rings (SSSR count). The smallest absolute Gasteiger partial charge is 0.251 e. The highest BCUT2D eigenvalue weighted by Crippen LogP contribution is 2.34. The van der Waals surface area contributed by atoms with Gasteiger partial charge in [-0.05, 0) is 49.9 Å². The molecule has 1 aromatic rings. The molecular weight excluding hydrogens is 226 g/mol. The van der Waals surface area contributed by atoms with Crippen molar-refractivity contribution in [3.05, 3.63) is 29.3 Å². The number of hydrogen-bond donors (Lipinski definition) is 2. The Kier molecular flexibility index (Phi) is 3.24. The second-order valence-electron chi connectivity index (χ2n) is 4.78. The number of carbonyl (C=O) groups excluding carboxylic acids is 1. The number of nitrogens with zero attached hydrogens (tertiary/aromatic N) is 1. The number of hydrogen-bond acceptors (Lipinski definition) is 3. The monoisotopic (exact) mass is 243 g/mol. The first kappa shape index (κ1) is 12.4. The van der Waals surface area contributed by atoms with Crippen LogP contribution >= 0.6 is 0 Å². The summed E-state index contributed by atoms with van der Waals surface area (Å²) in [6.07, 6.45) is 2.87. The molecule has 0 aliphatic heterocycles. The van der Waals surface area contributed by atoms with Gasteiger partial charge >= 0.3 is 0 Å². The molecule has 0 aromatic heterocycles. The average molecular weight is 243 g/mol. The zero-order valence-electron chi connectivity index (χ0n) is 10.7. The minimum Gasteiger partial charge on any atom is -0.367 e. The summed E-state index contributed by atoms with van der Waals surface area (Å²) >= 11 is 0. The van der Waals surface area contributed by atoms with E-state index < -0.39 is 5.54 Å². The molecule has 1 aliphatic carbocycles. The van der Waals surface area contributed by atoms with Crippen molar-refractivity contribution in [3.63, 3.8) is 0 Å². The van der Waals surface area contributed by atoms with Crippen LogP contribution in [0.15, 0.2) is 18.2 Å². The Labute approximate surface area is 107 Å². The van der Waals surface area contributed by atoms with Crippen LogP contribution in [0.3, 0.4) is 0 Å². The largest absolute Gasteiger partial charge is 0.367 e. The summed E-state index contributed by atoms with van der Waals surface area (Å²) in [5.74, 6) is -0.0855. The van der Waals surface area contributed by atoms with Crippen molar-refractivity contribution in [2.75, 3.05) is 12.4 Å². The van der Waals surface area contributed by atoms with E-state index in [1.807, 2.05) is 19.1 Å². The highest BCUT2D eigenvalue weighted by atomic mass is 16.1. The molecule has 4 heteroatoms. The van der Waals surface area contributed by atoms with E-state index in [9.17, 15) is 10.1 Å². The van der Waals surface area contributed by atoms with Gasteiger partial charge in [0.25, 0.3) is 5.91 Å². The quantitative estimate of drug-likeness (QED) is 0.855. The van der Waals surface area contributed by atoms with Crippen LogP contribution in [0.5, 0.6) is 0 Å². The third-order valence-corrected chi connectivity index (χ3v) is 3.50. The number of carbonyl (C=O) groups is 1. The predicted octanol–water partition coefficient (Wildman–Crippen LogP) is 2.21. The van der Waals surface area contributed by atoms with Gasteiger partial charge in [-0.1, -0.05) is 0 Å². The second kappa shape index (κ2) is 4.69. The molecule has 0 heterocycles. The molecule has 1 aliphatic rings. The minimum absolute atomic E-state index is 0.0855. The number of rotatable bonds is 3. The van der Waals surface area contributed by atoms with Crippen molar-refractivity contribution in [2.45, 2.75) is 31.7 Å². The number of nitriles is 1. The van der Waals surface area contributed by atoms with Crippen LogP contribution in [0.25, 0.3) is 0 Å². The zero-order valence-corrected chi connectivity index (χ0v) is 10.7. The van der Waals surface area contributed by atoms with Gasteiger partial charge in [-0.25, -0.2) is 0 Å². The van der Waals surface area contributed by atoms with E-state index in [0.29, 0.717) is 5.56 Å². The van der Waals surface area contributed by atoms with Gasteiger partial charge in [-0.3, -0.25) is 4.79 Å². The maximum Gasteiger partial charge on any atom is 0.251 e. The van der Waals surface area contributed by atoms with Crippen LogP contribution in [0, 0.1) is 18.3 Å². The summed E-state index contributed by atoms with van der Waals surface area (Å²) < 4.78 is 0. The Morgan fingerprint density at radius 1 is 1.44 bits per heavy atom. The summed E-state index contributed by atoms with van der Waals surface area (Å²) in [5.41, 5.74) is 2.08. The Morgan fingerprint density at radius 2 is 2.17 bits per heavy atom. The lowest BCUT2D eigenvalue weighted by atomic mass is 9.78. The summed E-state index contributed by atoms with van der Waals surface area (Å²) in [7, 11) is 1.62. The molecule has 0 radical (unpaired) electrons. The molecule has 0 unspecified atom stereocenters. The zero-order chi connectivity index (χ0) is 13.2. The molecule has 1 fully saturated rings. The topological polar surface area (TPSA) is 64.9 Å². The van der Waals surface area contributed by atoms with Crippen molar-refractivity contribution in [1.82, 2.24) is 5.32 Å². The van der Waals surface area contributed by atoms with Gasteiger partial charge in [0.2, 0.25) is 0 Å². The van der Waals surface area contributed by atoms with Crippen LogP contribution < -0.4 is 10.6 Å². The van der Waals surface area contributed by atoms with Crippen LogP contribution in [-0.2, 0) is 0 Å². The van der Waals surface area contributed by atoms with Crippen molar-refractivity contribution in [1.29, 1.82) is 5.26 Å². The lowest BCUT2D eigenvalue weighted by Gasteiger charge is -2.36. The molecular formula is C14H17N3O. The molecule has 18 heavy (non-hydrogen) atoms. The number of aryl methyl sites for hydroxylation is 1. The fraction of sp³-hybridized carbons (Fsp3) is 0.429. The molecule has 94 valence electrons. The summed E-state index contributed by atoms with van der Waals surface area (Å²) in [6.45, 7) is 1.90. The number of benzene rings is 1. The van der Waals surface area contributed by atoms with E-state index in [0.717, 1.165) is 30.5 Å². The van der Waals surface area contributed by atoms with Crippen LogP contribution in [-0.4, -0.2) is 18.5 Å². The van der Waals surface area contributed by atoms with Crippen LogP contribution in [0.1, 0.15) is 35.2 Å². The highest BCUT2D eigenvalue weighted by molar-refractivity contribution is 5.95. The summed E-state index contributed by atoms with van der Waals surface area (Å²) in [4.78, 5) is 11.6. The molecule has 1 amide bonds. The Bertz CT molecular complexity index is 512. The van der Waals surface area contributed by atoms with Crippen molar-refractivity contribution < 1.29 is 4.79 Å². The van der Waals surface area contributed by atoms with Gasteiger partial charge in [-0.15, -0.1) is 0 Å². The lowest BCUT2D eigenvalue weighted by Crippen LogP contribution is -2.43. The van der Waals surface area contributed by atoms with E-state index >= 15 is 0 Å². The first-order valence-corrected chi connectivity index (χ1v) is 6.12. The predicted molar refractivity (Wildman–Crippen MR) is 70.4 cm³/mol. The molecule has 1 saturated carbocycles. The fourth-order valence-electron chi connectivity index (χ4n) is 2.20. The lowest BCUT2D eigenvalue weighted by molar-refractivity contribution is 0.0962. The first-order chi connectivity index (χ1) is 8.60. The maximum atomic E-state index is 11.6. The van der Waals surface area contributed by atoms with Crippen molar-refractivity contribution in [2.24, 2.45) is 0 Å². The first-order valence-electron chi connectivity index (χ1n) is 6.12. The Balaban J connectivity index is 2.19. The molecule has 0 bridgehead atoms. The standard InChI is InChI=1S/C14H17N3O/c1-10-8-11(4-5-12(10)13(18)16-2)17-14(9-15)6-3-7-14/h4-5,8,17H,3,6-7H2,1-2H3,(H,16,18). The highest BCUT2D eigenvalue weighted by Gasteiger charge is 2.37. The van der Waals surface area contributed by atoms with E-state index in [-0.39, 0.29) is 5.91 Å². The molecule has 1 aromatic carbocycles. The van der Waals surface area contributed by atoms with Gasteiger partial charge in [-0.2, -0.15) is 5.26 Å². The normalized spacial score (nSPS) is 16.3. The summed E-state index contributed by atoms with van der Waals surface area (Å²) in [5, 5.41) is 15.1. The van der Waals surface area contributed by atoms with Gasteiger partial charge < -0.3 is 10.6 Å². The van der Waals surface area contributed by atoms with E-state index in [1.165, 1.54) is 0 Å². The van der Waals surface area contributed by atoms with Crippen LogP contribution in [0.2, 0.25) is 0 Å². The maximum absolute atomic E-state index is 11.6.